The lowest BCUT2D eigenvalue weighted by atomic mass is 9.82. The van der Waals surface area contributed by atoms with E-state index in [2.05, 4.69) is 99.0 Å². The van der Waals surface area contributed by atoms with Gasteiger partial charge in [0.2, 0.25) is 0 Å². The summed E-state index contributed by atoms with van der Waals surface area (Å²) in [6.07, 6.45) is 11.0. The van der Waals surface area contributed by atoms with Crippen LogP contribution in [0, 0.1) is 11.8 Å². The summed E-state index contributed by atoms with van der Waals surface area (Å²) in [6.45, 7) is 8.72. The summed E-state index contributed by atoms with van der Waals surface area (Å²) >= 11 is 0. The van der Waals surface area contributed by atoms with Crippen molar-refractivity contribution in [3.8, 4) is 11.1 Å². The van der Waals surface area contributed by atoms with Crippen molar-refractivity contribution in [3.05, 3.63) is 89.5 Å². The zero-order valence-electron chi connectivity index (χ0n) is 19.3. The smallest absolute Gasteiger partial charge is 0.0287 e. The summed E-state index contributed by atoms with van der Waals surface area (Å²) in [5.41, 5.74) is 8.50. The molecule has 3 atom stereocenters. The molecule has 2 aliphatic carbocycles. The number of likely N-dealkylation sites (N-methyl/N-ethyl adjacent to an activating group) is 1. The summed E-state index contributed by atoms with van der Waals surface area (Å²) in [6, 6.07) is 20.0. The largest absolute Gasteiger partial charge is 0.313 e. The zero-order chi connectivity index (χ0) is 21.5. The third-order valence-electron chi connectivity index (χ3n) is 6.34. The van der Waals surface area contributed by atoms with Gasteiger partial charge in [0.15, 0.2) is 0 Å². The average Bonchev–Trinajstić information content (AvgIpc) is 3.65. The average molecular weight is 400 g/mol. The van der Waals surface area contributed by atoms with Crippen molar-refractivity contribution in [3.63, 3.8) is 0 Å². The van der Waals surface area contributed by atoms with Gasteiger partial charge in [-0.15, -0.1) is 0 Å². The Kier molecular flexibility index (Phi) is 7.87. The molecule has 3 unspecified atom stereocenters. The molecule has 0 bridgehead atoms. The van der Waals surface area contributed by atoms with Crippen molar-refractivity contribution in [1.29, 1.82) is 0 Å². The fraction of sp³-hybridized carbons (Fsp3) is 0.379. The fourth-order valence-electron chi connectivity index (χ4n) is 4.45. The van der Waals surface area contributed by atoms with Gasteiger partial charge >= 0.3 is 0 Å². The molecule has 4 rings (SSSR count). The first-order valence-corrected chi connectivity index (χ1v) is 11.6. The van der Waals surface area contributed by atoms with Crippen LogP contribution in [0.4, 0.5) is 0 Å². The molecule has 2 aromatic rings. The Morgan fingerprint density at radius 1 is 0.933 bits per heavy atom. The Labute approximate surface area is 183 Å². The van der Waals surface area contributed by atoms with Crippen LogP contribution in [0.3, 0.4) is 0 Å². The van der Waals surface area contributed by atoms with E-state index in [0.29, 0.717) is 17.9 Å². The minimum absolute atomic E-state index is 0.412. The maximum Gasteiger partial charge on any atom is 0.0287 e. The van der Waals surface area contributed by atoms with E-state index in [1.807, 2.05) is 13.8 Å². The summed E-state index contributed by atoms with van der Waals surface area (Å²) in [5.74, 6) is 1.13. The normalized spacial score (nSPS) is 22.5. The van der Waals surface area contributed by atoms with E-state index in [1.54, 1.807) is 11.1 Å². The summed E-state index contributed by atoms with van der Waals surface area (Å²) < 4.78 is 0. The van der Waals surface area contributed by atoms with Crippen LogP contribution in [0.25, 0.3) is 16.7 Å². The van der Waals surface area contributed by atoms with E-state index in [9.17, 15) is 0 Å². The molecule has 0 heterocycles. The summed E-state index contributed by atoms with van der Waals surface area (Å²) in [5, 5.41) is 3.56. The van der Waals surface area contributed by atoms with E-state index < -0.39 is 0 Å². The highest BCUT2D eigenvalue weighted by Crippen LogP contribution is 2.38. The van der Waals surface area contributed by atoms with Gasteiger partial charge in [0.05, 0.1) is 0 Å². The lowest BCUT2D eigenvalue weighted by Crippen LogP contribution is -2.34. The molecule has 0 saturated heterocycles. The van der Waals surface area contributed by atoms with Gasteiger partial charge in [-0.05, 0) is 73.4 Å². The Balaban J connectivity index is 0.00000124. The van der Waals surface area contributed by atoms with Crippen molar-refractivity contribution in [1.82, 2.24) is 5.32 Å². The minimum atomic E-state index is 0.412. The number of allylic oxidation sites excluding steroid dienone is 5. The minimum Gasteiger partial charge on any atom is -0.313 e. The molecule has 1 saturated carbocycles. The Hall–Kier alpha value is -2.38. The molecule has 158 valence electrons. The number of benzene rings is 2. The van der Waals surface area contributed by atoms with E-state index >= 15 is 0 Å². The lowest BCUT2D eigenvalue weighted by molar-refractivity contribution is 0.349. The monoisotopic (exact) mass is 399 g/mol. The van der Waals surface area contributed by atoms with Gasteiger partial charge in [-0.1, -0.05) is 98.7 Å². The number of hydrogen-bond donors (Lipinski definition) is 1. The van der Waals surface area contributed by atoms with Crippen LogP contribution in [-0.2, 0) is 0 Å². The highest BCUT2D eigenvalue weighted by Gasteiger charge is 2.27. The summed E-state index contributed by atoms with van der Waals surface area (Å²) in [4.78, 5) is 0. The Bertz CT molecular complexity index is 910. The van der Waals surface area contributed by atoms with Crippen LogP contribution in [0.2, 0.25) is 0 Å². The van der Waals surface area contributed by atoms with Crippen LogP contribution < -0.4 is 5.32 Å². The van der Waals surface area contributed by atoms with Gasteiger partial charge in [-0.3, -0.25) is 0 Å². The maximum atomic E-state index is 3.56. The number of hydrogen-bond acceptors (Lipinski definition) is 1. The van der Waals surface area contributed by atoms with Crippen LogP contribution in [0.1, 0.15) is 52.5 Å². The van der Waals surface area contributed by atoms with Gasteiger partial charge in [0, 0.05) is 6.04 Å². The van der Waals surface area contributed by atoms with Gasteiger partial charge in [0.1, 0.15) is 0 Å². The van der Waals surface area contributed by atoms with Crippen molar-refractivity contribution in [2.75, 3.05) is 7.05 Å². The number of nitrogens with one attached hydrogen (secondary N) is 1. The molecule has 0 amide bonds. The van der Waals surface area contributed by atoms with Crippen molar-refractivity contribution >= 4 is 5.57 Å². The molecule has 0 spiro atoms. The van der Waals surface area contributed by atoms with Crippen molar-refractivity contribution in [2.24, 2.45) is 11.8 Å². The first kappa shape index (κ1) is 22.3. The molecule has 30 heavy (non-hydrogen) atoms. The van der Waals surface area contributed by atoms with Crippen LogP contribution >= 0.6 is 0 Å². The molecule has 2 aromatic carbocycles. The van der Waals surface area contributed by atoms with Crippen LogP contribution in [0.5, 0.6) is 0 Å². The van der Waals surface area contributed by atoms with Gasteiger partial charge < -0.3 is 5.32 Å². The first-order valence-electron chi connectivity index (χ1n) is 11.6. The third-order valence-corrected chi connectivity index (χ3v) is 6.34. The van der Waals surface area contributed by atoms with Gasteiger partial charge in [-0.25, -0.2) is 0 Å². The van der Waals surface area contributed by atoms with Crippen LogP contribution in [-0.4, -0.2) is 13.1 Å². The maximum absolute atomic E-state index is 3.56. The first-order chi connectivity index (χ1) is 14.7. The standard InChI is InChI=1S/C27H31N.C2H6/c1-19(21-12-13-21)17-26-20(2)16-25(14-15-27(26)28-3)24-11-7-10-23(18-24)22-8-5-4-6-9-22;1-2/h4-11,14-16,18,20,26-28H,12-13,17H2,1-3H3;1-2H3. The SMILES string of the molecule is CC.CNC1C=CC(c2cccc(-c3ccccc3)c2)=CC(C)C1CC(C)=C1CC1. The fourth-order valence-corrected chi connectivity index (χ4v) is 4.45. The third kappa shape index (κ3) is 5.40. The molecule has 1 heteroatoms. The second-order valence-electron chi connectivity index (χ2n) is 8.35. The van der Waals surface area contributed by atoms with Gasteiger partial charge in [-0.2, -0.15) is 0 Å². The second-order valence-corrected chi connectivity index (χ2v) is 8.35. The Morgan fingerprint density at radius 2 is 1.60 bits per heavy atom. The molecule has 1 fully saturated rings. The highest BCUT2D eigenvalue weighted by atomic mass is 14.9. The van der Waals surface area contributed by atoms with E-state index in [-0.39, 0.29) is 0 Å². The number of rotatable bonds is 5. The van der Waals surface area contributed by atoms with Crippen molar-refractivity contribution < 1.29 is 0 Å². The molecule has 0 aliphatic heterocycles. The quantitative estimate of drug-likeness (QED) is 0.508. The molecule has 1 N–H and O–H groups in total. The lowest BCUT2D eigenvalue weighted by Gasteiger charge is -2.28. The topological polar surface area (TPSA) is 12.0 Å². The Morgan fingerprint density at radius 3 is 2.27 bits per heavy atom. The predicted molar refractivity (Wildman–Crippen MR) is 132 cm³/mol. The van der Waals surface area contributed by atoms with E-state index in [4.69, 9.17) is 0 Å². The van der Waals surface area contributed by atoms with E-state index in [0.717, 1.165) is 0 Å². The highest BCUT2D eigenvalue weighted by molar-refractivity contribution is 5.78. The van der Waals surface area contributed by atoms with Crippen molar-refractivity contribution in [2.45, 2.75) is 53.0 Å². The molecule has 0 aromatic heterocycles. The molecule has 0 radical (unpaired) electrons. The molecular weight excluding hydrogens is 362 g/mol. The summed E-state index contributed by atoms with van der Waals surface area (Å²) in [7, 11) is 2.09. The zero-order valence-corrected chi connectivity index (χ0v) is 19.3. The second kappa shape index (κ2) is 10.6. The molecular formula is C29H37N. The van der Waals surface area contributed by atoms with Gasteiger partial charge in [0.25, 0.3) is 0 Å². The molecule has 1 nitrogen and oxygen atoms in total. The van der Waals surface area contributed by atoms with Crippen LogP contribution in [0.15, 0.2) is 84.0 Å². The molecule has 2 aliphatic rings. The van der Waals surface area contributed by atoms with E-state index in [1.165, 1.54) is 41.5 Å². The predicted octanol–water partition coefficient (Wildman–Crippen LogP) is 7.67.